The number of nitrogens with zero attached hydrogens (tertiary/aromatic N) is 2. The second kappa shape index (κ2) is 5.29. The third-order valence-electron chi connectivity index (χ3n) is 2.04. The topological polar surface area (TPSA) is 54.9 Å². The molecule has 0 bridgehead atoms. The molecule has 0 saturated carbocycles. The number of carbonyl (C=O) groups excluding carboxylic acids is 1. The molecule has 92 valence electrons. The van der Waals surface area contributed by atoms with Gasteiger partial charge in [-0.15, -0.1) is 0 Å². The van der Waals surface area contributed by atoms with E-state index in [2.05, 4.69) is 15.3 Å². The predicted molar refractivity (Wildman–Crippen MR) is 66.4 cm³/mol. The molecule has 0 aliphatic carbocycles. The maximum absolute atomic E-state index is 13.5. The second-order valence-corrected chi connectivity index (χ2v) is 4.08. The maximum atomic E-state index is 13.5. The average molecular weight is 286 g/mol. The molecular weight excluding hydrogens is 280 g/mol. The number of hydrogen-bond acceptors (Lipinski definition) is 3. The number of carbonyl (C=O) groups is 1. The van der Waals surface area contributed by atoms with Gasteiger partial charge in [0.25, 0.3) is 5.91 Å². The predicted octanol–water partition coefficient (Wildman–Crippen LogP) is 3.17. The standard InChI is InChI=1S/C11H6Cl2FN3O/c12-6-2-1-3-7(10(6)14)17-11(18)8-4-15-5-9(13)16-8/h1-5H,(H,17,18). The number of nitrogens with one attached hydrogen (secondary N) is 1. The summed E-state index contributed by atoms with van der Waals surface area (Å²) in [5, 5.41) is 2.33. The monoisotopic (exact) mass is 285 g/mol. The molecule has 0 aliphatic heterocycles. The molecular formula is C11H6Cl2FN3O. The third kappa shape index (κ3) is 2.75. The lowest BCUT2D eigenvalue weighted by Gasteiger charge is -2.06. The fourth-order valence-electron chi connectivity index (χ4n) is 1.24. The summed E-state index contributed by atoms with van der Waals surface area (Å²) in [6.07, 6.45) is 2.52. The Morgan fingerprint density at radius 3 is 2.78 bits per heavy atom. The van der Waals surface area contributed by atoms with Crippen LogP contribution in [0.4, 0.5) is 10.1 Å². The molecule has 0 fully saturated rings. The lowest BCUT2D eigenvalue weighted by Crippen LogP contribution is -2.15. The van der Waals surface area contributed by atoms with Gasteiger partial charge in [-0.3, -0.25) is 9.78 Å². The van der Waals surface area contributed by atoms with E-state index in [9.17, 15) is 9.18 Å². The van der Waals surface area contributed by atoms with Crippen molar-refractivity contribution in [2.75, 3.05) is 5.32 Å². The van der Waals surface area contributed by atoms with Gasteiger partial charge >= 0.3 is 0 Å². The summed E-state index contributed by atoms with van der Waals surface area (Å²) in [6.45, 7) is 0. The zero-order valence-corrected chi connectivity index (χ0v) is 10.3. The van der Waals surface area contributed by atoms with Crippen molar-refractivity contribution in [2.24, 2.45) is 0 Å². The number of hydrogen-bond donors (Lipinski definition) is 1. The van der Waals surface area contributed by atoms with E-state index in [1.807, 2.05) is 0 Å². The van der Waals surface area contributed by atoms with Crippen LogP contribution in [0.1, 0.15) is 10.5 Å². The summed E-state index contributed by atoms with van der Waals surface area (Å²) in [6, 6.07) is 4.29. The lowest BCUT2D eigenvalue weighted by atomic mass is 10.3. The molecule has 7 heteroatoms. The summed E-state index contributed by atoms with van der Waals surface area (Å²) < 4.78 is 13.5. The number of benzene rings is 1. The van der Waals surface area contributed by atoms with Crippen LogP contribution in [0.3, 0.4) is 0 Å². The highest BCUT2D eigenvalue weighted by molar-refractivity contribution is 6.31. The van der Waals surface area contributed by atoms with Crippen molar-refractivity contribution in [3.8, 4) is 0 Å². The fourth-order valence-corrected chi connectivity index (χ4v) is 1.56. The van der Waals surface area contributed by atoms with Gasteiger partial charge in [0.05, 0.1) is 23.1 Å². The molecule has 1 aromatic heterocycles. The molecule has 1 aromatic carbocycles. The van der Waals surface area contributed by atoms with Gasteiger partial charge in [-0.05, 0) is 12.1 Å². The van der Waals surface area contributed by atoms with Gasteiger partial charge in [-0.2, -0.15) is 0 Å². The molecule has 4 nitrogen and oxygen atoms in total. The van der Waals surface area contributed by atoms with Crippen LogP contribution in [0.25, 0.3) is 0 Å². The van der Waals surface area contributed by atoms with E-state index in [1.54, 1.807) is 0 Å². The van der Waals surface area contributed by atoms with E-state index < -0.39 is 11.7 Å². The molecule has 0 saturated heterocycles. The summed E-state index contributed by atoms with van der Waals surface area (Å²) in [7, 11) is 0. The second-order valence-electron chi connectivity index (χ2n) is 3.28. The normalized spacial score (nSPS) is 10.2. The zero-order valence-electron chi connectivity index (χ0n) is 8.82. The van der Waals surface area contributed by atoms with Crippen LogP contribution < -0.4 is 5.32 Å². The minimum Gasteiger partial charge on any atom is -0.318 e. The van der Waals surface area contributed by atoms with Crippen LogP contribution >= 0.6 is 23.2 Å². The summed E-state index contributed by atoms with van der Waals surface area (Å²) in [4.78, 5) is 19.2. The molecule has 0 spiro atoms. The number of amides is 1. The highest BCUT2D eigenvalue weighted by Gasteiger charge is 2.12. The SMILES string of the molecule is O=C(Nc1cccc(Cl)c1F)c1cncc(Cl)n1. The Morgan fingerprint density at radius 1 is 1.28 bits per heavy atom. The summed E-state index contributed by atoms with van der Waals surface area (Å²) >= 11 is 11.2. The average Bonchev–Trinajstić information content (AvgIpc) is 2.35. The van der Waals surface area contributed by atoms with Crippen molar-refractivity contribution in [2.45, 2.75) is 0 Å². The molecule has 2 rings (SSSR count). The number of halogens is 3. The van der Waals surface area contributed by atoms with E-state index in [4.69, 9.17) is 23.2 Å². The van der Waals surface area contributed by atoms with Gasteiger partial charge in [0.1, 0.15) is 10.8 Å². The molecule has 18 heavy (non-hydrogen) atoms. The Balaban J connectivity index is 2.24. The maximum Gasteiger partial charge on any atom is 0.276 e. The minimum atomic E-state index is -0.706. The van der Waals surface area contributed by atoms with E-state index in [-0.39, 0.29) is 21.6 Å². The van der Waals surface area contributed by atoms with Crippen molar-refractivity contribution in [3.63, 3.8) is 0 Å². The zero-order chi connectivity index (χ0) is 13.1. The van der Waals surface area contributed by atoms with Gasteiger partial charge in [0, 0.05) is 0 Å². The van der Waals surface area contributed by atoms with Crippen LogP contribution in [0.15, 0.2) is 30.6 Å². The van der Waals surface area contributed by atoms with Crippen molar-refractivity contribution in [1.29, 1.82) is 0 Å². The summed E-state index contributed by atoms with van der Waals surface area (Å²) in [5.41, 5.74) is -0.0452. The lowest BCUT2D eigenvalue weighted by molar-refractivity contribution is 0.102. The molecule has 2 aromatic rings. The van der Waals surface area contributed by atoms with E-state index in [1.165, 1.54) is 30.6 Å². The smallest absolute Gasteiger partial charge is 0.276 e. The first-order chi connectivity index (χ1) is 8.58. The fraction of sp³-hybridized carbons (Fsp3) is 0. The Kier molecular flexibility index (Phi) is 3.74. The van der Waals surface area contributed by atoms with Gasteiger partial charge in [0.15, 0.2) is 5.82 Å². The van der Waals surface area contributed by atoms with Gasteiger partial charge in [-0.1, -0.05) is 29.3 Å². The highest BCUT2D eigenvalue weighted by atomic mass is 35.5. The summed E-state index contributed by atoms with van der Waals surface area (Å²) in [5.74, 6) is -1.33. The van der Waals surface area contributed by atoms with Crippen molar-refractivity contribution >= 4 is 34.8 Å². The van der Waals surface area contributed by atoms with Crippen LogP contribution in [0.5, 0.6) is 0 Å². The minimum absolute atomic E-state index is 0.0122. The van der Waals surface area contributed by atoms with Gasteiger partial charge < -0.3 is 5.32 Å². The van der Waals surface area contributed by atoms with Gasteiger partial charge in [-0.25, -0.2) is 9.37 Å². The Hall–Kier alpha value is -1.72. The van der Waals surface area contributed by atoms with Crippen LogP contribution in [0.2, 0.25) is 10.2 Å². The van der Waals surface area contributed by atoms with Gasteiger partial charge in [0.2, 0.25) is 0 Å². The van der Waals surface area contributed by atoms with Crippen LogP contribution in [-0.2, 0) is 0 Å². The van der Waals surface area contributed by atoms with Crippen LogP contribution in [0, 0.1) is 5.82 Å². The van der Waals surface area contributed by atoms with E-state index in [0.29, 0.717) is 0 Å². The Morgan fingerprint density at radius 2 is 2.06 bits per heavy atom. The Bertz CT molecular complexity index is 607. The first kappa shape index (κ1) is 12.7. The molecule has 0 atom stereocenters. The molecule has 1 heterocycles. The Labute approximate surface area is 112 Å². The third-order valence-corrected chi connectivity index (χ3v) is 2.51. The number of anilines is 1. The van der Waals surface area contributed by atoms with Crippen molar-refractivity contribution in [1.82, 2.24) is 9.97 Å². The van der Waals surface area contributed by atoms with E-state index in [0.717, 1.165) is 0 Å². The quantitative estimate of drug-likeness (QED) is 0.922. The molecule has 1 N–H and O–H groups in total. The number of rotatable bonds is 2. The van der Waals surface area contributed by atoms with Crippen molar-refractivity contribution in [3.05, 3.63) is 52.3 Å². The highest BCUT2D eigenvalue weighted by Crippen LogP contribution is 2.22. The largest absolute Gasteiger partial charge is 0.318 e. The first-order valence-electron chi connectivity index (χ1n) is 4.81. The van der Waals surface area contributed by atoms with Crippen molar-refractivity contribution < 1.29 is 9.18 Å². The molecule has 0 aliphatic rings. The van der Waals surface area contributed by atoms with E-state index >= 15 is 0 Å². The van der Waals surface area contributed by atoms with Crippen LogP contribution in [-0.4, -0.2) is 15.9 Å². The molecule has 0 unspecified atom stereocenters. The first-order valence-corrected chi connectivity index (χ1v) is 5.56. The molecule has 0 radical (unpaired) electrons. The number of aromatic nitrogens is 2. The molecule has 1 amide bonds.